The molecule has 26 heavy (non-hydrogen) atoms. The summed E-state index contributed by atoms with van der Waals surface area (Å²) in [6.07, 6.45) is 7.76. The van der Waals surface area contributed by atoms with Crippen molar-refractivity contribution < 1.29 is 8.42 Å². The molecule has 0 aromatic carbocycles. The molecule has 1 aliphatic carbocycles. The first kappa shape index (κ1) is 17.4. The first-order chi connectivity index (χ1) is 12.6. The SMILES string of the molecule is CCCCS(=O)(=O)N1C[C@@H]2Cc3cnc(Nc4cccnc4)nc3[C@@H]2C1. The standard InChI is InChI=1S/C18H23N5O2S/c1-2-3-7-26(24,25)23-11-14-8-13-9-20-18(22-17(13)16(14)12-23)21-15-5-4-6-19-10-15/h4-6,9-10,14,16H,2-3,7-8,11-12H2,1H3,(H,20,21,22)/t14-,16+/m0/s1. The van der Waals surface area contributed by atoms with Crippen LogP contribution in [0.5, 0.6) is 0 Å². The first-order valence-electron chi connectivity index (χ1n) is 9.07. The van der Waals surface area contributed by atoms with Crippen LogP contribution >= 0.6 is 0 Å². The molecule has 4 rings (SSSR count). The third-order valence-electron chi connectivity index (χ3n) is 5.21. The zero-order chi connectivity index (χ0) is 18.1. The fraction of sp³-hybridized carbons (Fsp3) is 0.500. The van der Waals surface area contributed by atoms with Crippen molar-refractivity contribution in [3.63, 3.8) is 0 Å². The molecule has 0 unspecified atom stereocenters. The highest BCUT2D eigenvalue weighted by molar-refractivity contribution is 7.89. The van der Waals surface area contributed by atoms with Crippen molar-refractivity contribution >= 4 is 21.7 Å². The second-order valence-electron chi connectivity index (χ2n) is 7.03. The molecule has 2 aromatic rings. The van der Waals surface area contributed by atoms with Crippen LogP contribution in [0, 0.1) is 5.92 Å². The number of hydrogen-bond donors (Lipinski definition) is 1. The van der Waals surface area contributed by atoms with Gasteiger partial charge in [0.25, 0.3) is 0 Å². The van der Waals surface area contributed by atoms with E-state index in [1.807, 2.05) is 25.3 Å². The van der Waals surface area contributed by atoms with Crippen LogP contribution in [-0.2, 0) is 16.4 Å². The number of anilines is 2. The van der Waals surface area contributed by atoms with Crippen molar-refractivity contribution in [2.75, 3.05) is 24.2 Å². The fourth-order valence-corrected chi connectivity index (χ4v) is 5.56. The Kier molecular flexibility index (Phi) is 4.62. The molecule has 0 spiro atoms. The van der Waals surface area contributed by atoms with E-state index >= 15 is 0 Å². The summed E-state index contributed by atoms with van der Waals surface area (Å²) in [5.74, 6) is 1.25. The minimum atomic E-state index is -3.16. The highest BCUT2D eigenvalue weighted by Crippen LogP contribution is 2.43. The Morgan fingerprint density at radius 1 is 1.31 bits per heavy atom. The van der Waals surface area contributed by atoms with Crippen molar-refractivity contribution in [1.82, 2.24) is 19.3 Å². The van der Waals surface area contributed by atoms with E-state index in [1.165, 1.54) is 0 Å². The average molecular weight is 373 g/mol. The maximum Gasteiger partial charge on any atom is 0.227 e. The Morgan fingerprint density at radius 2 is 2.19 bits per heavy atom. The van der Waals surface area contributed by atoms with Gasteiger partial charge in [0.05, 0.1) is 23.3 Å². The molecule has 1 saturated heterocycles. The number of nitrogens with zero attached hydrogens (tertiary/aromatic N) is 4. The van der Waals surface area contributed by atoms with Gasteiger partial charge < -0.3 is 5.32 Å². The van der Waals surface area contributed by atoms with Gasteiger partial charge >= 0.3 is 0 Å². The minimum absolute atomic E-state index is 0.166. The lowest BCUT2D eigenvalue weighted by Crippen LogP contribution is -2.31. The molecule has 7 nitrogen and oxygen atoms in total. The second-order valence-corrected chi connectivity index (χ2v) is 9.12. The van der Waals surface area contributed by atoms with Gasteiger partial charge in [-0.3, -0.25) is 4.98 Å². The molecule has 1 N–H and O–H groups in total. The largest absolute Gasteiger partial charge is 0.323 e. The normalized spacial score (nSPS) is 22.2. The lowest BCUT2D eigenvalue weighted by atomic mass is 9.99. The molecular formula is C18H23N5O2S. The molecule has 2 atom stereocenters. The summed E-state index contributed by atoms with van der Waals surface area (Å²) >= 11 is 0. The summed E-state index contributed by atoms with van der Waals surface area (Å²) in [7, 11) is -3.16. The molecule has 0 saturated carbocycles. The predicted octanol–water partition coefficient (Wildman–Crippen LogP) is 2.32. The monoisotopic (exact) mass is 373 g/mol. The average Bonchev–Trinajstić information content (AvgIpc) is 3.20. The Morgan fingerprint density at radius 3 is 2.96 bits per heavy atom. The van der Waals surface area contributed by atoms with E-state index in [0.717, 1.165) is 29.8 Å². The third-order valence-corrected chi connectivity index (χ3v) is 7.10. The van der Waals surface area contributed by atoms with Gasteiger partial charge in [-0.05, 0) is 36.5 Å². The Hall–Kier alpha value is -2.06. The quantitative estimate of drug-likeness (QED) is 0.836. The predicted molar refractivity (Wildman–Crippen MR) is 99.8 cm³/mol. The molecule has 8 heteroatoms. The molecule has 0 bridgehead atoms. The van der Waals surface area contributed by atoms with E-state index in [0.29, 0.717) is 31.4 Å². The van der Waals surface area contributed by atoms with Crippen LogP contribution in [0.3, 0.4) is 0 Å². The van der Waals surface area contributed by atoms with Crippen LogP contribution in [0.1, 0.15) is 36.9 Å². The van der Waals surface area contributed by atoms with Crippen molar-refractivity contribution in [2.45, 2.75) is 32.1 Å². The van der Waals surface area contributed by atoms with E-state index in [1.54, 1.807) is 16.7 Å². The van der Waals surface area contributed by atoms with Gasteiger partial charge in [0, 0.05) is 31.4 Å². The van der Waals surface area contributed by atoms with Crippen LogP contribution in [0.15, 0.2) is 30.7 Å². The molecule has 138 valence electrons. The van der Waals surface area contributed by atoms with Crippen LogP contribution in [0.25, 0.3) is 0 Å². The number of unbranched alkanes of at least 4 members (excludes halogenated alkanes) is 1. The van der Waals surface area contributed by atoms with Gasteiger partial charge in [-0.15, -0.1) is 0 Å². The first-order valence-corrected chi connectivity index (χ1v) is 10.7. The summed E-state index contributed by atoms with van der Waals surface area (Å²) in [6.45, 7) is 3.14. The number of fused-ring (bicyclic) bond motifs is 3. The highest BCUT2D eigenvalue weighted by atomic mass is 32.2. The highest BCUT2D eigenvalue weighted by Gasteiger charge is 2.44. The number of nitrogens with one attached hydrogen (secondary N) is 1. The molecule has 1 aliphatic heterocycles. The van der Waals surface area contributed by atoms with E-state index < -0.39 is 10.0 Å². The third kappa shape index (κ3) is 3.31. The molecule has 2 aromatic heterocycles. The summed E-state index contributed by atoms with van der Waals surface area (Å²) < 4.78 is 26.7. The van der Waals surface area contributed by atoms with E-state index in [4.69, 9.17) is 4.98 Å². The van der Waals surface area contributed by atoms with Gasteiger partial charge in [0.1, 0.15) is 0 Å². The maximum absolute atomic E-state index is 12.5. The van der Waals surface area contributed by atoms with Crippen LogP contribution in [-0.4, -0.2) is 46.5 Å². The zero-order valence-electron chi connectivity index (χ0n) is 14.8. The zero-order valence-corrected chi connectivity index (χ0v) is 15.6. The molecule has 2 aliphatic rings. The summed E-state index contributed by atoms with van der Waals surface area (Å²) in [5, 5.41) is 3.17. The second kappa shape index (κ2) is 6.92. The number of sulfonamides is 1. The number of hydrogen-bond acceptors (Lipinski definition) is 6. The lowest BCUT2D eigenvalue weighted by Gasteiger charge is -2.17. The smallest absolute Gasteiger partial charge is 0.227 e. The summed E-state index contributed by atoms with van der Waals surface area (Å²) in [4.78, 5) is 13.2. The maximum atomic E-state index is 12.5. The topological polar surface area (TPSA) is 88.1 Å². The van der Waals surface area contributed by atoms with Crippen molar-refractivity contribution in [1.29, 1.82) is 0 Å². The minimum Gasteiger partial charge on any atom is -0.323 e. The number of pyridine rings is 1. The van der Waals surface area contributed by atoms with Crippen LogP contribution in [0.2, 0.25) is 0 Å². The molecule has 0 radical (unpaired) electrons. The molecule has 0 amide bonds. The van der Waals surface area contributed by atoms with Gasteiger partial charge in [0.2, 0.25) is 16.0 Å². The Balaban J connectivity index is 1.52. The van der Waals surface area contributed by atoms with Gasteiger partial charge in [-0.1, -0.05) is 13.3 Å². The van der Waals surface area contributed by atoms with Gasteiger partial charge in [0.15, 0.2) is 0 Å². The fourth-order valence-electron chi connectivity index (χ4n) is 3.84. The molecule has 1 fully saturated rings. The van der Waals surface area contributed by atoms with Crippen LogP contribution in [0.4, 0.5) is 11.6 Å². The van der Waals surface area contributed by atoms with Crippen molar-refractivity contribution in [3.05, 3.63) is 42.0 Å². The molecule has 3 heterocycles. The molecular weight excluding hydrogens is 350 g/mol. The number of rotatable bonds is 6. The van der Waals surface area contributed by atoms with E-state index in [9.17, 15) is 8.42 Å². The Labute approximate surface area is 153 Å². The van der Waals surface area contributed by atoms with Gasteiger partial charge in [-0.25, -0.2) is 22.7 Å². The Bertz CT molecular complexity index is 888. The summed E-state index contributed by atoms with van der Waals surface area (Å²) in [6, 6.07) is 3.76. The van der Waals surface area contributed by atoms with E-state index in [2.05, 4.69) is 15.3 Å². The summed E-state index contributed by atoms with van der Waals surface area (Å²) in [5.41, 5.74) is 2.96. The number of aromatic nitrogens is 3. The lowest BCUT2D eigenvalue weighted by molar-refractivity contribution is 0.455. The van der Waals surface area contributed by atoms with Crippen molar-refractivity contribution in [3.8, 4) is 0 Å². The van der Waals surface area contributed by atoms with Crippen molar-refractivity contribution in [2.24, 2.45) is 5.92 Å². The van der Waals surface area contributed by atoms with Gasteiger partial charge in [-0.2, -0.15) is 0 Å². The van der Waals surface area contributed by atoms with E-state index in [-0.39, 0.29) is 11.7 Å². The van der Waals surface area contributed by atoms with Crippen LogP contribution < -0.4 is 5.32 Å².